The van der Waals surface area contributed by atoms with Crippen molar-refractivity contribution < 1.29 is 26.4 Å². The summed E-state index contributed by atoms with van der Waals surface area (Å²) < 4.78 is 53.0. The summed E-state index contributed by atoms with van der Waals surface area (Å²) in [5.41, 5.74) is 0. The minimum absolute atomic E-state index is 0.00954. The third-order valence-electron chi connectivity index (χ3n) is 3.54. The molecule has 0 aliphatic carbocycles. The highest BCUT2D eigenvalue weighted by atomic mass is 32.2. The minimum Gasteiger partial charge on any atom is -0.468 e. The lowest BCUT2D eigenvalue weighted by Crippen LogP contribution is -2.39. The summed E-state index contributed by atoms with van der Waals surface area (Å²) in [7, 11) is -6.19. The summed E-state index contributed by atoms with van der Waals surface area (Å²) >= 11 is 0. The number of esters is 1. The molecule has 21 heavy (non-hydrogen) atoms. The topological polar surface area (TPSA) is 94.6 Å². The van der Waals surface area contributed by atoms with E-state index in [9.17, 15) is 21.6 Å². The Balaban J connectivity index is 2.45. The Kier molecular flexibility index (Phi) is 4.38. The molecule has 1 aromatic rings. The molecule has 1 fully saturated rings. The Morgan fingerprint density at radius 1 is 1.29 bits per heavy atom. The second-order valence-corrected chi connectivity index (χ2v) is 9.26. The maximum absolute atomic E-state index is 12.6. The first kappa shape index (κ1) is 16.0. The van der Waals surface area contributed by atoms with Crippen molar-refractivity contribution >= 4 is 25.6 Å². The van der Waals surface area contributed by atoms with Crippen molar-refractivity contribution in [2.75, 3.05) is 18.6 Å². The van der Waals surface area contributed by atoms with Gasteiger partial charge in [0.25, 0.3) is 0 Å². The van der Waals surface area contributed by atoms with Crippen LogP contribution in [-0.2, 0) is 29.2 Å². The molecule has 0 radical (unpaired) electrons. The van der Waals surface area contributed by atoms with Crippen LogP contribution in [0.4, 0.5) is 0 Å². The Morgan fingerprint density at radius 2 is 1.90 bits per heavy atom. The lowest BCUT2D eigenvalue weighted by Gasteiger charge is -2.20. The number of carbonyl (C=O) groups excluding carboxylic acids is 1. The number of hydrogen-bond donors (Lipinski definition) is 0. The van der Waals surface area contributed by atoms with Crippen LogP contribution in [0.25, 0.3) is 0 Å². The zero-order valence-corrected chi connectivity index (χ0v) is 13.1. The summed E-state index contributed by atoms with van der Waals surface area (Å²) in [6, 6.07) is 7.52. The van der Waals surface area contributed by atoms with E-state index < -0.39 is 36.8 Å². The molecule has 2 rings (SSSR count). The summed E-state index contributed by atoms with van der Waals surface area (Å²) in [6.45, 7) is 0. The van der Waals surface area contributed by atoms with Crippen LogP contribution in [-0.4, -0.2) is 46.7 Å². The molecule has 0 saturated carbocycles. The van der Waals surface area contributed by atoms with Gasteiger partial charge in [-0.1, -0.05) is 18.2 Å². The van der Waals surface area contributed by atoms with Gasteiger partial charge >= 0.3 is 5.97 Å². The number of ether oxygens (including phenoxy) is 1. The molecule has 116 valence electrons. The van der Waals surface area contributed by atoms with E-state index in [1.54, 1.807) is 18.2 Å². The van der Waals surface area contributed by atoms with Crippen molar-refractivity contribution in [2.45, 2.75) is 16.6 Å². The first-order valence-electron chi connectivity index (χ1n) is 6.35. The van der Waals surface area contributed by atoms with Crippen LogP contribution < -0.4 is 0 Å². The molecular formula is C13H16O6S2. The Hall–Kier alpha value is -1.41. The molecule has 1 aromatic carbocycles. The summed E-state index contributed by atoms with van der Waals surface area (Å²) in [6.07, 6.45) is 0.147. The Bertz CT molecular complexity index is 721. The SMILES string of the molecule is COC(=O)[C@@H]([C@H]1CCS(=O)(=O)C1)S(=O)(=O)c1ccccc1. The van der Waals surface area contributed by atoms with Gasteiger partial charge in [0.1, 0.15) is 0 Å². The van der Waals surface area contributed by atoms with Crippen molar-refractivity contribution in [3.8, 4) is 0 Å². The number of hydrogen-bond acceptors (Lipinski definition) is 6. The molecule has 0 unspecified atom stereocenters. The molecule has 0 amide bonds. The molecule has 1 aliphatic rings. The van der Waals surface area contributed by atoms with Crippen LogP contribution in [0, 0.1) is 5.92 Å². The van der Waals surface area contributed by atoms with Crippen molar-refractivity contribution in [2.24, 2.45) is 5.92 Å². The first-order valence-corrected chi connectivity index (χ1v) is 9.72. The van der Waals surface area contributed by atoms with Crippen LogP contribution in [0.1, 0.15) is 6.42 Å². The monoisotopic (exact) mass is 332 g/mol. The van der Waals surface area contributed by atoms with Crippen molar-refractivity contribution in [3.05, 3.63) is 30.3 Å². The molecule has 2 atom stereocenters. The second-order valence-electron chi connectivity index (χ2n) is 4.96. The standard InChI is InChI=1S/C13H16O6S2/c1-19-13(14)12(10-7-8-20(15,16)9-10)21(17,18)11-5-3-2-4-6-11/h2-6,10,12H,7-9H2,1H3/t10-,12+/m0/s1. The fourth-order valence-electron chi connectivity index (χ4n) is 2.51. The van der Waals surface area contributed by atoms with Crippen LogP contribution in [0.3, 0.4) is 0 Å². The fraction of sp³-hybridized carbons (Fsp3) is 0.462. The van der Waals surface area contributed by atoms with E-state index in [0.717, 1.165) is 7.11 Å². The second kappa shape index (κ2) is 5.76. The van der Waals surface area contributed by atoms with Crippen molar-refractivity contribution in [1.82, 2.24) is 0 Å². The van der Waals surface area contributed by atoms with Gasteiger partial charge in [-0.25, -0.2) is 16.8 Å². The third-order valence-corrected chi connectivity index (χ3v) is 7.50. The largest absolute Gasteiger partial charge is 0.468 e. The van der Waals surface area contributed by atoms with Gasteiger partial charge in [0, 0.05) is 5.92 Å². The van der Waals surface area contributed by atoms with Crippen LogP contribution in [0.2, 0.25) is 0 Å². The summed E-state index contributed by atoms with van der Waals surface area (Å²) in [4.78, 5) is 11.9. The van der Waals surface area contributed by atoms with Gasteiger partial charge in [-0.2, -0.15) is 0 Å². The highest BCUT2D eigenvalue weighted by molar-refractivity contribution is 7.93. The number of sulfone groups is 2. The van der Waals surface area contributed by atoms with E-state index in [0.29, 0.717) is 0 Å². The van der Waals surface area contributed by atoms with Gasteiger partial charge < -0.3 is 4.74 Å². The van der Waals surface area contributed by atoms with Crippen LogP contribution >= 0.6 is 0 Å². The molecule has 0 N–H and O–H groups in total. The van der Waals surface area contributed by atoms with Crippen LogP contribution in [0.15, 0.2) is 35.2 Å². The quantitative estimate of drug-likeness (QED) is 0.743. The lowest BCUT2D eigenvalue weighted by molar-refractivity contribution is -0.141. The molecule has 1 heterocycles. The van der Waals surface area contributed by atoms with Crippen molar-refractivity contribution in [3.63, 3.8) is 0 Å². The normalized spacial score (nSPS) is 22.6. The zero-order valence-electron chi connectivity index (χ0n) is 11.4. The molecule has 1 aliphatic heterocycles. The molecule has 0 bridgehead atoms. The van der Waals surface area contributed by atoms with E-state index in [2.05, 4.69) is 4.74 Å². The van der Waals surface area contributed by atoms with Gasteiger partial charge in [-0.05, 0) is 18.6 Å². The Morgan fingerprint density at radius 3 is 2.38 bits per heavy atom. The highest BCUT2D eigenvalue weighted by Crippen LogP contribution is 2.30. The molecular weight excluding hydrogens is 316 g/mol. The summed E-state index contributed by atoms with van der Waals surface area (Å²) in [5, 5.41) is -1.48. The summed E-state index contributed by atoms with van der Waals surface area (Å²) in [5.74, 6) is -2.09. The molecule has 8 heteroatoms. The van der Waals surface area contributed by atoms with E-state index in [4.69, 9.17) is 0 Å². The predicted octanol–water partition coefficient (Wildman–Crippen LogP) is 0.437. The molecule has 0 aromatic heterocycles. The average molecular weight is 332 g/mol. The number of carbonyl (C=O) groups is 1. The fourth-order valence-corrected chi connectivity index (χ4v) is 6.39. The average Bonchev–Trinajstić information content (AvgIpc) is 2.79. The zero-order chi connectivity index (χ0) is 15.7. The van der Waals surface area contributed by atoms with E-state index in [-0.39, 0.29) is 22.8 Å². The van der Waals surface area contributed by atoms with Gasteiger partial charge in [0.2, 0.25) is 0 Å². The predicted molar refractivity (Wildman–Crippen MR) is 76.2 cm³/mol. The van der Waals surface area contributed by atoms with E-state index >= 15 is 0 Å². The molecule has 0 spiro atoms. The maximum Gasteiger partial charge on any atom is 0.324 e. The third kappa shape index (κ3) is 3.26. The van der Waals surface area contributed by atoms with E-state index in [1.165, 1.54) is 12.1 Å². The van der Waals surface area contributed by atoms with Gasteiger partial charge in [0.15, 0.2) is 24.9 Å². The van der Waals surface area contributed by atoms with E-state index in [1.807, 2.05) is 0 Å². The van der Waals surface area contributed by atoms with Crippen molar-refractivity contribution in [1.29, 1.82) is 0 Å². The number of rotatable bonds is 4. The number of benzene rings is 1. The highest BCUT2D eigenvalue weighted by Gasteiger charge is 2.46. The first-order chi connectivity index (χ1) is 9.78. The lowest BCUT2D eigenvalue weighted by atomic mass is 10.1. The maximum atomic E-state index is 12.6. The van der Waals surface area contributed by atoms with Gasteiger partial charge in [-0.15, -0.1) is 0 Å². The molecule has 6 nitrogen and oxygen atoms in total. The Labute approximate surface area is 124 Å². The smallest absolute Gasteiger partial charge is 0.324 e. The van der Waals surface area contributed by atoms with Crippen LogP contribution in [0.5, 0.6) is 0 Å². The minimum atomic E-state index is -3.98. The van der Waals surface area contributed by atoms with Gasteiger partial charge in [-0.3, -0.25) is 4.79 Å². The van der Waals surface area contributed by atoms with Gasteiger partial charge in [0.05, 0.1) is 23.5 Å². The number of methoxy groups -OCH3 is 1. The molecule has 1 saturated heterocycles.